The molecule has 0 aliphatic carbocycles. The number of carbonyl (C=O) groups excluding carboxylic acids is 1. The van der Waals surface area contributed by atoms with Gasteiger partial charge in [0, 0.05) is 10.9 Å². The highest BCUT2D eigenvalue weighted by Gasteiger charge is 2.18. The van der Waals surface area contributed by atoms with Crippen molar-refractivity contribution < 1.29 is 14.3 Å². The molecule has 0 unspecified atom stereocenters. The molecular weight excluding hydrogens is 248 g/mol. The molecule has 14 heavy (non-hydrogen) atoms. The van der Waals surface area contributed by atoms with Gasteiger partial charge in [0.2, 0.25) is 6.79 Å². The van der Waals surface area contributed by atoms with Gasteiger partial charge in [0.05, 0.1) is 0 Å². The van der Waals surface area contributed by atoms with Gasteiger partial charge in [-0.1, -0.05) is 15.9 Å². The lowest BCUT2D eigenvalue weighted by Crippen LogP contribution is -1.94. The molecule has 1 aliphatic heterocycles. The predicted molar refractivity (Wildman–Crippen MR) is 54.7 cm³/mol. The fourth-order valence-electron chi connectivity index (χ4n) is 1.45. The monoisotopic (exact) mass is 256 g/mol. The lowest BCUT2D eigenvalue weighted by atomic mass is 10.1. The molecule has 3 nitrogen and oxygen atoms in total. The summed E-state index contributed by atoms with van der Waals surface area (Å²) in [6.45, 7) is 0.264. The van der Waals surface area contributed by atoms with Crippen LogP contribution in [0.1, 0.15) is 12.0 Å². The Bertz CT molecular complexity index is 363. The predicted octanol–water partition coefficient (Wildman–Crippen LogP) is 2.31. The maximum absolute atomic E-state index is 10.3. The average molecular weight is 257 g/mol. The van der Waals surface area contributed by atoms with Crippen molar-refractivity contribution >= 4 is 22.2 Å². The van der Waals surface area contributed by atoms with Gasteiger partial charge in [-0.25, -0.2) is 0 Å². The highest BCUT2D eigenvalue weighted by atomic mass is 79.9. The molecule has 4 heteroatoms. The van der Waals surface area contributed by atoms with Gasteiger partial charge in [0.25, 0.3) is 0 Å². The Hall–Kier alpha value is -1.03. The Morgan fingerprint density at radius 2 is 2.29 bits per heavy atom. The van der Waals surface area contributed by atoms with Crippen LogP contribution in [-0.2, 0) is 11.2 Å². The average Bonchev–Trinajstić information content (AvgIpc) is 2.61. The van der Waals surface area contributed by atoms with Gasteiger partial charge in [0.1, 0.15) is 6.29 Å². The first-order chi connectivity index (χ1) is 6.81. The van der Waals surface area contributed by atoms with E-state index in [1.54, 1.807) is 0 Å². The first kappa shape index (κ1) is 9.52. The van der Waals surface area contributed by atoms with E-state index >= 15 is 0 Å². The van der Waals surface area contributed by atoms with Crippen LogP contribution in [0.5, 0.6) is 11.5 Å². The SMILES string of the molecule is O=CCCc1cc(Br)cc2c1OCO2. The van der Waals surface area contributed by atoms with Crippen LogP contribution in [0.4, 0.5) is 0 Å². The zero-order valence-electron chi connectivity index (χ0n) is 7.46. The van der Waals surface area contributed by atoms with Crippen molar-refractivity contribution in [2.24, 2.45) is 0 Å². The number of aryl methyl sites for hydroxylation is 1. The second-order valence-corrected chi connectivity index (χ2v) is 3.92. The summed E-state index contributed by atoms with van der Waals surface area (Å²) in [6.07, 6.45) is 2.10. The maximum Gasteiger partial charge on any atom is 0.231 e. The molecule has 1 aromatic carbocycles. The van der Waals surface area contributed by atoms with Crippen LogP contribution in [-0.4, -0.2) is 13.1 Å². The van der Waals surface area contributed by atoms with E-state index in [2.05, 4.69) is 15.9 Å². The van der Waals surface area contributed by atoms with Crippen molar-refractivity contribution in [3.8, 4) is 11.5 Å². The molecule has 2 rings (SSSR count). The lowest BCUT2D eigenvalue weighted by Gasteiger charge is -2.04. The second kappa shape index (κ2) is 4.00. The van der Waals surface area contributed by atoms with Crippen LogP contribution in [0.15, 0.2) is 16.6 Å². The standard InChI is InChI=1S/C10H9BrO3/c11-8-4-7(2-1-3-12)10-9(5-8)13-6-14-10/h3-5H,1-2,6H2. The minimum absolute atomic E-state index is 0.264. The third kappa shape index (κ3) is 1.75. The normalized spacial score (nSPS) is 12.9. The highest BCUT2D eigenvalue weighted by Crippen LogP contribution is 2.38. The summed E-state index contributed by atoms with van der Waals surface area (Å²) in [5, 5.41) is 0. The van der Waals surface area contributed by atoms with Crippen LogP contribution < -0.4 is 9.47 Å². The quantitative estimate of drug-likeness (QED) is 0.779. The van der Waals surface area contributed by atoms with E-state index in [9.17, 15) is 4.79 Å². The Morgan fingerprint density at radius 3 is 3.07 bits per heavy atom. The number of rotatable bonds is 3. The van der Waals surface area contributed by atoms with Gasteiger partial charge in [-0.15, -0.1) is 0 Å². The summed E-state index contributed by atoms with van der Waals surface area (Å²) in [5.41, 5.74) is 1.01. The molecule has 0 atom stereocenters. The lowest BCUT2D eigenvalue weighted by molar-refractivity contribution is -0.107. The van der Waals surface area contributed by atoms with Crippen molar-refractivity contribution in [2.45, 2.75) is 12.8 Å². The number of halogens is 1. The Balaban J connectivity index is 2.33. The number of benzene rings is 1. The van der Waals surface area contributed by atoms with E-state index in [-0.39, 0.29) is 6.79 Å². The summed E-state index contributed by atoms with van der Waals surface area (Å²) < 4.78 is 11.5. The van der Waals surface area contributed by atoms with E-state index in [1.807, 2.05) is 12.1 Å². The molecule has 1 heterocycles. The molecular formula is C10H9BrO3. The summed E-state index contributed by atoms with van der Waals surface area (Å²) in [4.78, 5) is 10.3. The molecule has 0 saturated heterocycles. The Morgan fingerprint density at radius 1 is 1.43 bits per heavy atom. The summed E-state index contributed by atoms with van der Waals surface area (Å²) in [7, 11) is 0. The van der Waals surface area contributed by atoms with E-state index < -0.39 is 0 Å². The summed E-state index contributed by atoms with van der Waals surface area (Å²) in [5.74, 6) is 1.52. The van der Waals surface area contributed by atoms with Crippen molar-refractivity contribution in [3.05, 3.63) is 22.2 Å². The van der Waals surface area contributed by atoms with Crippen LogP contribution in [0.2, 0.25) is 0 Å². The largest absolute Gasteiger partial charge is 0.454 e. The molecule has 1 aromatic rings. The number of hydrogen-bond acceptors (Lipinski definition) is 3. The van der Waals surface area contributed by atoms with Gasteiger partial charge in [-0.05, 0) is 24.1 Å². The number of hydrogen-bond donors (Lipinski definition) is 0. The molecule has 0 saturated carbocycles. The van der Waals surface area contributed by atoms with Crippen LogP contribution in [0, 0.1) is 0 Å². The highest BCUT2D eigenvalue weighted by molar-refractivity contribution is 9.10. The molecule has 1 aliphatic rings. The smallest absolute Gasteiger partial charge is 0.231 e. The number of aldehydes is 1. The molecule has 0 amide bonds. The van der Waals surface area contributed by atoms with Gasteiger partial charge in [-0.2, -0.15) is 0 Å². The Labute approximate surface area is 90.1 Å². The zero-order valence-corrected chi connectivity index (χ0v) is 9.04. The van der Waals surface area contributed by atoms with Gasteiger partial charge >= 0.3 is 0 Å². The van der Waals surface area contributed by atoms with Crippen LogP contribution in [0.25, 0.3) is 0 Å². The van der Waals surface area contributed by atoms with E-state index in [0.29, 0.717) is 12.8 Å². The first-order valence-corrected chi connectivity index (χ1v) is 5.12. The maximum atomic E-state index is 10.3. The van der Waals surface area contributed by atoms with Gasteiger partial charge < -0.3 is 14.3 Å². The van der Waals surface area contributed by atoms with Crippen molar-refractivity contribution in [3.63, 3.8) is 0 Å². The third-order valence-electron chi connectivity index (χ3n) is 2.05. The Kier molecular flexibility index (Phi) is 2.72. The van der Waals surface area contributed by atoms with Crippen LogP contribution >= 0.6 is 15.9 Å². The van der Waals surface area contributed by atoms with E-state index in [4.69, 9.17) is 9.47 Å². The van der Waals surface area contributed by atoms with Crippen molar-refractivity contribution in [1.82, 2.24) is 0 Å². The first-order valence-electron chi connectivity index (χ1n) is 4.33. The fraction of sp³-hybridized carbons (Fsp3) is 0.300. The third-order valence-corrected chi connectivity index (χ3v) is 2.50. The number of carbonyl (C=O) groups is 1. The fourth-order valence-corrected chi connectivity index (χ4v) is 1.93. The number of ether oxygens (including phenoxy) is 2. The molecule has 0 aromatic heterocycles. The molecule has 74 valence electrons. The summed E-state index contributed by atoms with van der Waals surface area (Å²) in [6, 6.07) is 3.82. The van der Waals surface area contributed by atoms with E-state index in [0.717, 1.165) is 27.8 Å². The van der Waals surface area contributed by atoms with Crippen molar-refractivity contribution in [2.75, 3.05) is 6.79 Å². The van der Waals surface area contributed by atoms with Crippen molar-refractivity contribution in [1.29, 1.82) is 0 Å². The van der Waals surface area contributed by atoms with Crippen LogP contribution in [0.3, 0.4) is 0 Å². The van der Waals surface area contributed by atoms with E-state index in [1.165, 1.54) is 0 Å². The summed E-state index contributed by atoms with van der Waals surface area (Å²) >= 11 is 3.38. The van der Waals surface area contributed by atoms with Gasteiger partial charge in [0.15, 0.2) is 11.5 Å². The number of fused-ring (bicyclic) bond motifs is 1. The molecule has 0 N–H and O–H groups in total. The molecule has 0 radical (unpaired) electrons. The minimum Gasteiger partial charge on any atom is -0.454 e. The second-order valence-electron chi connectivity index (χ2n) is 3.00. The minimum atomic E-state index is 0.264. The topological polar surface area (TPSA) is 35.5 Å². The molecule has 0 spiro atoms. The molecule has 0 bridgehead atoms. The molecule has 0 fully saturated rings. The van der Waals surface area contributed by atoms with Gasteiger partial charge in [-0.3, -0.25) is 0 Å². The zero-order chi connectivity index (χ0) is 9.97.